The predicted molar refractivity (Wildman–Crippen MR) is 107 cm³/mol. The first-order chi connectivity index (χ1) is 14.3. The lowest BCUT2D eigenvalue weighted by atomic mass is 10.0. The molecule has 2 aliphatic rings. The lowest BCUT2D eigenvalue weighted by Gasteiger charge is -2.22. The molecule has 0 N–H and O–H groups in total. The van der Waals surface area contributed by atoms with Crippen LogP contribution in [0.15, 0.2) is 48.8 Å². The lowest BCUT2D eigenvalue weighted by Crippen LogP contribution is -2.33. The van der Waals surface area contributed by atoms with Crippen molar-refractivity contribution in [1.29, 1.82) is 0 Å². The van der Waals surface area contributed by atoms with E-state index in [1.165, 1.54) is 6.07 Å². The number of carbonyl (C=O) groups excluding carboxylic acids is 1. The fraction of sp³-hybridized carbons (Fsp3) is 0.364. The quantitative estimate of drug-likeness (QED) is 0.641. The summed E-state index contributed by atoms with van der Waals surface area (Å²) >= 11 is 0. The second-order valence-electron chi connectivity index (χ2n) is 8.21. The topological polar surface area (TPSA) is 41.4 Å². The molecule has 1 aromatic carbocycles. The summed E-state index contributed by atoms with van der Waals surface area (Å²) in [6.45, 7) is 2.71. The van der Waals surface area contributed by atoms with Gasteiger partial charge >= 0.3 is 6.18 Å². The Hall–Kier alpha value is -3.03. The van der Waals surface area contributed by atoms with Gasteiger partial charge in [-0.05, 0) is 18.2 Å². The molecule has 0 radical (unpaired) electrons. The Labute approximate surface area is 171 Å². The maximum absolute atomic E-state index is 13.2. The average Bonchev–Trinajstić information content (AvgIpc) is 3.39. The van der Waals surface area contributed by atoms with Gasteiger partial charge in [0, 0.05) is 68.4 Å². The molecule has 0 spiro atoms. The molecule has 8 heteroatoms. The van der Waals surface area contributed by atoms with E-state index in [9.17, 15) is 18.0 Å². The van der Waals surface area contributed by atoms with Crippen LogP contribution in [0, 0.1) is 11.8 Å². The normalized spacial score (nSPS) is 21.5. The molecule has 4 heterocycles. The zero-order chi connectivity index (χ0) is 21.0. The van der Waals surface area contributed by atoms with Crippen molar-refractivity contribution in [2.75, 3.05) is 31.1 Å². The third kappa shape index (κ3) is 3.11. The molecule has 30 heavy (non-hydrogen) atoms. The average molecular weight is 414 g/mol. The van der Waals surface area contributed by atoms with Crippen LogP contribution in [0.4, 0.5) is 19.0 Å². The number of aromatic nitrogens is 2. The molecule has 0 saturated carbocycles. The predicted octanol–water partition coefficient (Wildman–Crippen LogP) is 3.80. The van der Waals surface area contributed by atoms with E-state index in [2.05, 4.69) is 4.98 Å². The standard InChI is InChI=1S/C22H21F3N4O/c1-27-13-18(17-4-2-3-5-19(17)27)21(30)29-11-14-9-28(10-15(14)12-29)20-7-6-16(8-26-20)22(23,24)25/h2-8,13-15H,9-12H2,1H3. The summed E-state index contributed by atoms with van der Waals surface area (Å²) in [6.07, 6.45) is -1.60. The van der Waals surface area contributed by atoms with E-state index in [1.54, 1.807) is 0 Å². The fourth-order valence-electron chi connectivity index (χ4n) is 4.77. The van der Waals surface area contributed by atoms with E-state index in [-0.39, 0.29) is 5.91 Å². The summed E-state index contributed by atoms with van der Waals surface area (Å²) in [4.78, 5) is 21.1. The van der Waals surface area contributed by atoms with Gasteiger partial charge in [-0.2, -0.15) is 13.2 Å². The van der Waals surface area contributed by atoms with E-state index in [1.807, 2.05) is 51.9 Å². The molecular weight excluding hydrogens is 393 g/mol. The number of rotatable bonds is 2. The van der Waals surface area contributed by atoms with Crippen molar-refractivity contribution in [2.45, 2.75) is 6.18 Å². The van der Waals surface area contributed by atoms with Crippen molar-refractivity contribution in [3.8, 4) is 0 Å². The van der Waals surface area contributed by atoms with E-state index in [4.69, 9.17) is 0 Å². The number of alkyl halides is 3. The maximum Gasteiger partial charge on any atom is 0.417 e. The van der Waals surface area contributed by atoms with E-state index in [0.717, 1.165) is 23.2 Å². The molecule has 1 amide bonds. The molecule has 156 valence electrons. The van der Waals surface area contributed by atoms with Crippen LogP contribution in [-0.2, 0) is 13.2 Å². The number of amides is 1. The van der Waals surface area contributed by atoms with Gasteiger partial charge in [0.15, 0.2) is 0 Å². The van der Waals surface area contributed by atoms with Crippen LogP contribution in [0.2, 0.25) is 0 Å². The number of likely N-dealkylation sites (tertiary alicyclic amines) is 1. The Balaban J connectivity index is 1.28. The van der Waals surface area contributed by atoms with Crippen LogP contribution in [0.25, 0.3) is 10.9 Å². The highest BCUT2D eigenvalue weighted by Gasteiger charge is 2.42. The van der Waals surface area contributed by atoms with E-state index >= 15 is 0 Å². The summed E-state index contributed by atoms with van der Waals surface area (Å²) in [5, 5.41) is 0.956. The number of fused-ring (bicyclic) bond motifs is 2. The largest absolute Gasteiger partial charge is 0.417 e. The molecular formula is C22H21F3N4O. The summed E-state index contributed by atoms with van der Waals surface area (Å²) < 4.78 is 40.2. The molecule has 2 atom stereocenters. The molecule has 2 aliphatic heterocycles. The van der Waals surface area contributed by atoms with Gasteiger partial charge in [-0.3, -0.25) is 4.79 Å². The number of pyridine rings is 1. The Bertz CT molecular complexity index is 1090. The molecule has 2 aromatic heterocycles. The van der Waals surface area contributed by atoms with Gasteiger partial charge in [0.1, 0.15) is 5.82 Å². The van der Waals surface area contributed by atoms with Crippen LogP contribution in [0.3, 0.4) is 0 Å². The highest BCUT2D eigenvalue weighted by atomic mass is 19.4. The Kier molecular flexibility index (Phi) is 4.27. The third-order valence-electron chi connectivity index (χ3n) is 6.30. The zero-order valence-electron chi connectivity index (χ0n) is 16.4. The minimum atomic E-state index is -4.38. The minimum Gasteiger partial charge on any atom is -0.356 e. The van der Waals surface area contributed by atoms with Crippen molar-refractivity contribution in [2.24, 2.45) is 18.9 Å². The van der Waals surface area contributed by atoms with Crippen LogP contribution >= 0.6 is 0 Å². The number of carbonyl (C=O) groups is 1. The van der Waals surface area contributed by atoms with Gasteiger partial charge in [-0.25, -0.2) is 4.98 Å². The summed E-state index contributed by atoms with van der Waals surface area (Å²) in [5.74, 6) is 1.20. The molecule has 2 saturated heterocycles. The van der Waals surface area contributed by atoms with Crippen LogP contribution < -0.4 is 4.90 Å². The van der Waals surface area contributed by atoms with E-state index < -0.39 is 11.7 Å². The number of nitrogens with zero attached hydrogens (tertiary/aromatic N) is 4. The van der Waals surface area contributed by atoms with Gasteiger partial charge in [0.2, 0.25) is 0 Å². The third-order valence-corrected chi connectivity index (χ3v) is 6.30. The van der Waals surface area contributed by atoms with Gasteiger partial charge in [-0.1, -0.05) is 18.2 Å². The van der Waals surface area contributed by atoms with Crippen molar-refractivity contribution in [3.63, 3.8) is 0 Å². The highest BCUT2D eigenvalue weighted by molar-refractivity contribution is 6.07. The summed E-state index contributed by atoms with van der Waals surface area (Å²) in [6, 6.07) is 10.4. The summed E-state index contributed by atoms with van der Waals surface area (Å²) in [5.41, 5.74) is 1.01. The van der Waals surface area contributed by atoms with Crippen molar-refractivity contribution >= 4 is 22.6 Å². The number of para-hydroxylation sites is 1. The molecule has 0 aliphatic carbocycles. The number of halogens is 3. The van der Waals surface area contributed by atoms with E-state index in [0.29, 0.717) is 49.4 Å². The van der Waals surface area contributed by atoms with Crippen molar-refractivity contribution in [1.82, 2.24) is 14.5 Å². The molecule has 0 bridgehead atoms. The van der Waals surface area contributed by atoms with Gasteiger partial charge in [0.25, 0.3) is 5.91 Å². The Morgan fingerprint density at radius 1 is 1.03 bits per heavy atom. The molecule has 2 unspecified atom stereocenters. The van der Waals surface area contributed by atoms with Gasteiger partial charge < -0.3 is 14.4 Å². The van der Waals surface area contributed by atoms with Crippen molar-refractivity contribution in [3.05, 3.63) is 59.9 Å². The van der Waals surface area contributed by atoms with Gasteiger partial charge in [-0.15, -0.1) is 0 Å². The van der Waals surface area contributed by atoms with Gasteiger partial charge in [0.05, 0.1) is 11.1 Å². The first-order valence-electron chi connectivity index (χ1n) is 9.93. The number of benzene rings is 1. The van der Waals surface area contributed by atoms with Crippen molar-refractivity contribution < 1.29 is 18.0 Å². The zero-order valence-corrected chi connectivity index (χ0v) is 16.4. The molecule has 5 nitrogen and oxygen atoms in total. The number of hydrogen-bond acceptors (Lipinski definition) is 3. The molecule has 5 rings (SSSR count). The highest BCUT2D eigenvalue weighted by Crippen LogP contribution is 2.36. The number of aryl methyl sites for hydroxylation is 1. The summed E-state index contributed by atoms with van der Waals surface area (Å²) in [7, 11) is 1.94. The van der Waals surface area contributed by atoms with Crippen LogP contribution in [0.1, 0.15) is 15.9 Å². The number of hydrogen-bond donors (Lipinski definition) is 0. The first-order valence-corrected chi connectivity index (χ1v) is 9.93. The van der Waals surface area contributed by atoms with Crippen LogP contribution in [-0.4, -0.2) is 46.5 Å². The lowest BCUT2D eigenvalue weighted by molar-refractivity contribution is -0.137. The number of anilines is 1. The smallest absolute Gasteiger partial charge is 0.356 e. The molecule has 3 aromatic rings. The second kappa shape index (κ2) is 6.75. The SMILES string of the molecule is Cn1cc(C(=O)N2CC3CN(c4ccc(C(F)(F)F)cn4)CC3C2)c2ccccc21. The molecule has 2 fully saturated rings. The monoisotopic (exact) mass is 414 g/mol. The Morgan fingerprint density at radius 3 is 2.37 bits per heavy atom. The maximum atomic E-state index is 13.2. The van der Waals surface area contributed by atoms with Crippen LogP contribution in [0.5, 0.6) is 0 Å². The minimum absolute atomic E-state index is 0.0420. The first kappa shape index (κ1) is 19.0. The second-order valence-corrected chi connectivity index (χ2v) is 8.21. The fourth-order valence-corrected chi connectivity index (χ4v) is 4.77. The Morgan fingerprint density at radius 2 is 1.73 bits per heavy atom.